The Morgan fingerprint density at radius 1 is 1.11 bits per heavy atom. The Balaban J connectivity index is 1.37. The van der Waals surface area contributed by atoms with Crippen molar-refractivity contribution in [2.24, 2.45) is 0 Å². The third-order valence-electron chi connectivity index (χ3n) is 4.70. The highest BCUT2D eigenvalue weighted by molar-refractivity contribution is 5.91. The van der Waals surface area contributed by atoms with Crippen molar-refractivity contribution >= 4 is 17.6 Å². The molecule has 1 fully saturated rings. The van der Waals surface area contributed by atoms with Crippen LogP contribution in [0.15, 0.2) is 27.1 Å². The molecule has 2 aromatic heterocycles. The molecule has 1 saturated heterocycles. The molecule has 3 rings (SSSR count). The first-order chi connectivity index (χ1) is 13.4. The lowest BCUT2D eigenvalue weighted by Gasteiger charge is -2.34. The van der Waals surface area contributed by atoms with Crippen LogP contribution in [0.25, 0.3) is 0 Å². The normalized spacial score (nSPS) is 15.5. The number of amides is 2. The number of carbonyl (C=O) groups excluding carboxylic acids is 2. The van der Waals surface area contributed by atoms with Gasteiger partial charge in [0.25, 0.3) is 0 Å². The van der Waals surface area contributed by atoms with Crippen LogP contribution >= 0.6 is 0 Å². The van der Waals surface area contributed by atoms with Crippen molar-refractivity contribution in [1.29, 1.82) is 0 Å². The second kappa shape index (κ2) is 9.03. The molecule has 0 bridgehead atoms. The second-order valence-corrected chi connectivity index (χ2v) is 7.19. The van der Waals surface area contributed by atoms with E-state index >= 15 is 0 Å². The summed E-state index contributed by atoms with van der Waals surface area (Å²) in [7, 11) is 1.78. The molecule has 0 spiro atoms. The van der Waals surface area contributed by atoms with E-state index in [0.717, 1.165) is 37.7 Å². The van der Waals surface area contributed by atoms with Gasteiger partial charge in [0.05, 0.1) is 19.6 Å². The second-order valence-electron chi connectivity index (χ2n) is 7.19. The minimum absolute atomic E-state index is 0.0571. The van der Waals surface area contributed by atoms with Gasteiger partial charge in [-0.3, -0.25) is 19.4 Å². The number of nitrogens with zero attached hydrogens (tertiary/aromatic N) is 4. The molecule has 0 aliphatic carbocycles. The van der Waals surface area contributed by atoms with E-state index in [-0.39, 0.29) is 11.8 Å². The van der Waals surface area contributed by atoms with Crippen LogP contribution in [-0.4, -0.2) is 78.0 Å². The molecule has 2 aromatic rings. The van der Waals surface area contributed by atoms with Crippen molar-refractivity contribution in [3.05, 3.63) is 35.5 Å². The van der Waals surface area contributed by atoms with Gasteiger partial charge in [-0.25, -0.2) is 0 Å². The van der Waals surface area contributed by atoms with Crippen LogP contribution in [0.1, 0.15) is 17.3 Å². The molecule has 0 unspecified atom stereocenters. The van der Waals surface area contributed by atoms with Crippen molar-refractivity contribution in [3.8, 4) is 0 Å². The SMILES string of the molecule is Cc1cc(NC(=O)CN2CCN(CC(=O)N(C)Cc3ccc(C)o3)CC2)no1. The number of furan rings is 1. The quantitative estimate of drug-likeness (QED) is 0.758. The number of hydrogen-bond acceptors (Lipinski definition) is 7. The highest BCUT2D eigenvalue weighted by atomic mass is 16.5. The molecule has 1 N–H and O–H groups in total. The average molecular weight is 389 g/mol. The summed E-state index contributed by atoms with van der Waals surface area (Å²) in [6.45, 7) is 7.76. The highest BCUT2D eigenvalue weighted by Crippen LogP contribution is 2.10. The molecular formula is C19H27N5O4. The Labute approximate surface area is 164 Å². The van der Waals surface area contributed by atoms with Gasteiger partial charge >= 0.3 is 0 Å². The number of aromatic nitrogens is 1. The number of piperazine rings is 1. The standard InChI is InChI=1S/C19H27N5O4/c1-14-4-5-16(27-14)11-22(3)19(26)13-24-8-6-23(7-9-24)12-18(25)20-17-10-15(2)28-21-17/h4-5,10H,6-9,11-13H2,1-3H3,(H,20,21,25). The van der Waals surface area contributed by atoms with Gasteiger partial charge in [0, 0.05) is 39.3 Å². The van der Waals surface area contributed by atoms with E-state index in [0.29, 0.717) is 31.2 Å². The Morgan fingerprint density at radius 2 is 1.79 bits per heavy atom. The number of nitrogens with one attached hydrogen (secondary N) is 1. The number of rotatable bonds is 7. The van der Waals surface area contributed by atoms with Crippen LogP contribution in [-0.2, 0) is 16.1 Å². The summed E-state index contributed by atoms with van der Waals surface area (Å²) in [4.78, 5) is 30.4. The van der Waals surface area contributed by atoms with Gasteiger partial charge in [0.2, 0.25) is 11.8 Å². The molecule has 9 nitrogen and oxygen atoms in total. The minimum atomic E-state index is -0.119. The van der Waals surface area contributed by atoms with E-state index in [1.54, 1.807) is 24.9 Å². The van der Waals surface area contributed by atoms with Gasteiger partial charge in [0.15, 0.2) is 5.82 Å². The highest BCUT2D eigenvalue weighted by Gasteiger charge is 2.22. The summed E-state index contributed by atoms with van der Waals surface area (Å²) in [5.74, 6) is 2.65. The van der Waals surface area contributed by atoms with Crippen molar-refractivity contribution < 1.29 is 18.5 Å². The third kappa shape index (κ3) is 5.67. The van der Waals surface area contributed by atoms with E-state index in [2.05, 4.69) is 20.3 Å². The van der Waals surface area contributed by atoms with Crippen LogP contribution in [0.5, 0.6) is 0 Å². The van der Waals surface area contributed by atoms with Crippen molar-refractivity contribution in [2.45, 2.75) is 20.4 Å². The molecule has 0 aromatic carbocycles. The summed E-state index contributed by atoms with van der Waals surface area (Å²) >= 11 is 0. The van der Waals surface area contributed by atoms with Crippen molar-refractivity contribution in [1.82, 2.24) is 19.9 Å². The fourth-order valence-electron chi connectivity index (χ4n) is 3.12. The van der Waals surface area contributed by atoms with Crippen LogP contribution in [0, 0.1) is 13.8 Å². The molecule has 28 heavy (non-hydrogen) atoms. The molecule has 0 saturated carbocycles. The lowest BCUT2D eigenvalue weighted by atomic mass is 10.3. The lowest BCUT2D eigenvalue weighted by Crippen LogP contribution is -2.51. The zero-order valence-corrected chi connectivity index (χ0v) is 16.6. The van der Waals surface area contributed by atoms with E-state index in [9.17, 15) is 9.59 Å². The molecular weight excluding hydrogens is 362 g/mol. The maximum Gasteiger partial charge on any atom is 0.239 e. The summed E-state index contributed by atoms with van der Waals surface area (Å²) in [5, 5.41) is 6.48. The Morgan fingerprint density at radius 3 is 2.36 bits per heavy atom. The predicted molar refractivity (Wildman–Crippen MR) is 103 cm³/mol. The first-order valence-electron chi connectivity index (χ1n) is 9.36. The van der Waals surface area contributed by atoms with Gasteiger partial charge < -0.3 is 19.2 Å². The molecule has 3 heterocycles. The fourth-order valence-corrected chi connectivity index (χ4v) is 3.12. The molecule has 1 aliphatic heterocycles. The first-order valence-corrected chi connectivity index (χ1v) is 9.36. The Kier molecular flexibility index (Phi) is 6.48. The number of anilines is 1. The van der Waals surface area contributed by atoms with E-state index in [1.807, 2.05) is 19.1 Å². The molecule has 0 atom stereocenters. The molecule has 1 aliphatic rings. The third-order valence-corrected chi connectivity index (χ3v) is 4.70. The molecule has 0 radical (unpaired) electrons. The number of aryl methyl sites for hydroxylation is 2. The molecule has 2 amide bonds. The van der Waals surface area contributed by atoms with E-state index in [4.69, 9.17) is 8.94 Å². The summed E-state index contributed by atoms with van der Waals surface area (Å²) < 4.78 is 10.5. The minimum Gasteiger partial charge on any atom is -0.464 e. The van der Waals surface area contributed by atoms with Crippen LogP contribution in [0.4, 0.5) is 5.82 Å². The number of carbonyl (C=O) groups is 2. The van der Waals surface area contributed by atoms with Gasteiger partial charge in [0.1, 0.15) is 17.3 Å². The molecule has 9 heteroatoms. The van der Waals surface area contributed by atoms with Crippen LogP contribution < -0.4 is 5.32 Å². The van der Waals surface area contributed by atoms with Gasteiger partial charge in [-0.1, -0.05) is 5.16 Å². The monoisotopic (exact) mass is 389 g/mol. The number of likely N-dealkylation sites (N-methyl/N-ethyl adjacent to an activating group) is 1. The maximum absolute atomic E-state index is 12.4. The summed E-state index contributed by atoms with van der Waals surface area (Å²) in [5.41, 5.74) is 0. The zero-order chi connectivity index (χ0) is 20.1. The summed E-state index contributed by atoms with van der Waals surface area (Å²) in [6.07, 6.45) is 0. The topological polar surface area (TPSA) is 95.1 Å². The van der Waals surface area contributed by atoms with Crippen LogP contribution in [0.2, 0.25) is 0 Å². The van der Waals surface area contributed by atoms with E-state index in [1.165, 1.54) is 0 Å². The largest absolute Gasteiger partial charge is 0.464 e. The summed E-state index contributed by atoms with van der Waals surface area (Å²) in [6, 6.07) is 5.47. The zero-order valence-electron chi connectivity index (χ0n) is 16.6. The molecule has 152 valence electrons. The average Bonchev–Trinajstić information content (AvgIpc) is 3.24. The van der Waals surface area contributed by atoms with Crippen LogP contribution in [0.3, 0.4) is 0 Å². The maximum atomic E-state index is 12.4. The lowest BCUT2D eigenvalue weighted by molar-refractivity contribution is -0.132. The van der Waals surface area contributed by atoms with Gasteiger partial charge in [-0.15, -0.1) is 0 Å². The van der Waals surface area contributed by atoms with Crippen molar-refractivity contribution in [2.75, 3.05) is 51.6 Å². The van der Waals surface area contributed by atoms with E-state index < -0.39 is 0 Å². The van der Waals surface area contributed by atoms with Gasteiger partial charge in [-0.2, -0.15) is 0 Å². The smallest absolute Gasteiger partial charge is 0.239 e. The Hall–Kier alpha value is -2.65. The fraction of sp³-hybridized carbons (Fsp3) is 0.526. The van der Waals surface area contributed by atoms with Gasteiger partial charge in [-0.05, 0) is 26.0 Å². The predicted octanol–water partition coefficient (Wildman–Crippen LogP) is 1.10. The van der Waals surface area contributed by atoms with Crippen molar-refractivity contribution in [3.63, 3.8) is 0 Å². The number of hydrogen-bond donors (Lipinski definition) is 1. The first kappa shape index (κ1) is 20.1. The Bertz CT molecular complexity index is 807.